The zero-order chi connectivity index (χ0) is 20.6. The van der Waals surface area contributed by atoms with E-state index in [0.29, 0.717) is 32.7 Å². The van der Waals surface area contributed by atoms with Crippen LogP contribution in [0.4, 0.5) is 0 Å². The lowest BCUT2D eigenvalue weighted by Gasteiger charge is -2.06. The molecule has 0 saturated carbocycles. The first-order valence-electron chi connectivity index (χ1n) is 8.61. The summed E-state index contributed by atoms with van der Waals surface area (Å²) in [5, 5.41) is 3.96. The molecule has 0 atom stereocenters. The number of ether oxygens (including phenoxy) is 2. The summed E-state index contributed by atoms with van der Waals surface area (Å²) in [4.78, 5) is 24.4. The molecule has 146 valence electrons. The van der Waals surface area contributed by atoms with Crippen LogP contribution in [0.2, 0.25) is 0 Å². The van der Waals surface area contributed by atoms with E-state index in [1.54, 1.807) is 73.8 Å². The maximum atomic E-state index is 12.3. The zero-order valence-corrected chi connectivity index (χ0v) is 17.0. The number of benzene rings is 3. The molecule has 0 fully saturated rings. The Labute approximate surface area is 176 Å². The van der Waals surface area contributed by atoms with E-state index >= 15 is 0 Å². The minimum absolute atomic E-state index is 0.337. The molecule has 1 N–H and O–H groups in total. The normalized spacial score (nSPS) is 10.6. The van der Waals surface area contributed by atoms with Crippen molar-refractivity contribution < 1.29 is 19.1 Å². The molecule has 3 aromatic rings. The first-order valence-corrected chi connectivity index (χ1v) is 9.40. The molecule has 0 aliphatic rings. The number of carbonyl (C=O) groups is 2. The second-order valence-corrected chi connectivity index (χ2v) is 6.72. The summed E-state index contributed by atoms with van der Waals surface area (Å²) >= 11 is 3.33. The fourth-order valence-corrected chi connectivity index (χ4v) is 2.89. The third-order valence-corrected chi connectivity index (χ3v) is 4.58. The van der Waals surface area contributed by atoms with Crippen molar-refractivity contribution in [3.8, 4) is 11.5 Å². The average molecular weight is 453 g/mol. The van der Waals surface area contributed by atoms with Crippen LogP contribution in [0.5, 0.6) is 11.5 Å². The maximum Gasteiger partial charge on any atom is 0.343 e. The highest BCUT2D eigenvalue weighted by atomic mass is 79.9. The minimum atomic E-state index is -0.482. The molecule has 3 aromatic carbocycles. The van der Waals surface area contributed by atoms with Gasteiger partial charge in [0.2, 0.25) is 0 Å². The number of rotatable bonds is 6. The number of carbonyl (C=O) groups excluding carboxylic acids is 2. The smallest absolute Gasteiger partial charge is 0.343 e. The topological polar surface area (TPSA) is 77.0 Å². The van der Waals surface area contributed by atoms with Crippen molar-refractivity contribution in [1.82, 2.24) is 5.43 Å². The van der Waals surface area contributed by atoms with E-state index in [1.165, 1.54) is 6.21 Å². The first-order chi connectivity index (χ1) is 14.1. The van der Waals surface area contributed by atoms with Gasteiger partial charge in [-0.3, -0.25) is 4.79 Å². The molecule has 0 saturated heterocycles. The van der Waals surface area contributed by atoms with Crippen molar-refractivity contribution in [3.05, 3.63) is 94.0 Å². The van der Waals surface area contributed by atoms with Gasteiger partial charge < -0.3 is 9.47 Å². The number of nitrogens with one attached hydrogen (secondary N) is 1. The molecule has 0 spiro atoms. The second kappa shape index (κ2) is 9.66. The van der Waals surface area contributed by atoms with Crippen molar-refractivity contribution in [1.29, 1.82) is 0 Å². The zero-order valence-electron chi connectivity index (χ0n) is 15.5. The Morgan fingerprint density at radius 1 is 0.966 bits per heavy atom. The Hall–Kier alpha value is -3.45. The Balaban J connectivity index is 1.63. The van der Waals surface area contributed by atoms with Crippen LogP contribution in [0, 0.1) is 0 Å². The van der Waals surface area contributed by atoms with E-state index in [1.807, 2.05) is 6.07 Å². The summed E-state index contributed by atoms with van der Waals surface area (Å²) in [6.07, 6.45) is 1.47. The third-order valence-electron chi connectivity index (χ3n) is 3.89. The standard InChI is InChI=1S/C22H17BrN2O4/c1-28-17-11-9-16(10-12-17)22(27)29-18-6-4-5-15(13-18)14-24-25-21(26)19-7-2-3-8-20(19)23/h2-14H,1H3,(H,25,26)/b24-14+. The van der Waals surface area contributed by atoms with E-state index in [4.69, 9.17) is 9.47 Å². The number of hydrogen-bond acceptors (Lipinski definition) is 5. The van der Waals surface area contributed by atoms with Gasteiger partial charge in [-0.15, -0.1) is 0 Å². The summed E-state index contributed by atoms with van der Waals surface area (Å²) in [6, 6.07) is 20.5. The van der Waals surface area contributed by atoms with Gasteiger partial charge in [0.1, 0.15) is 11.5 Å². The molecule has 0 radical (unpaired) electrons. The van der Waals surface area contributed by atoms with E-state index < -0.39 is 5.97 Å². The van der Waals surface area contributed by atoms with E-state index in [0.717, 1.165) is 0 Å². The molecular weight excluding hydrogens is 436 g/mol. The van der Waals surface area contributed by atoms with Gasteiger partial charge in [0.05, 0.1) is 24.5 Å². The van der Waals surface area contributed by atoms with E-state index in [-0.39, 0.29) is 5.91 Å². The van der Waals surface area contributed by atoms with Crippen LogP contribution < -0.4 is 14.9 Å². The number of halogens is 1. The molecule has 3 rings (SSSR count). The third kappa shape index (κ3) is 5.52. The number of amides is 1. The van der Waals surface area contributed by atoms with E-state index in [9.17, 15) is 9.59 Å². The van der Waals surface area contributed by atoms with Gasteiger partial charge in [0.15, 0.2) is 0 Å². The van der Waals surface area contributed by atoms with Crippen molar-refractivity contribution in [2.75, 3.05) is 7.11 Å². The summed E-state index contributed by atoms with van der Waals surface area (Å²) in [7, 11) is 1.56. The van der Waals surface area contributed by atoms with Crippen LogP contribution in [0.3, 0.4) is 0 Å². The van der Waals surface area contributed by atoms with Crippen molar-refractivity contribution >= 4 is 34.0 Å². The van der Waals surface area contributed by atoms with Crippen LogP contribution in [-0.2, 0) is 0 Å². The molecule has 1 amide bonds. The molecule has 6 nitrogen and oxygen atoms in total. The lowest BCUT2D eigenvalue weighted by molar-refractivity contribution is 0.0734. The van der Waals surface area contributed by atoms with Gasteiger partial charge in [0, 0.05) is 4.47 Å². The van der Waals surface area contributed by atoms with E-state index in [2.05, 4.69) is 26.5 Å². The van der Waals surface area contributed by atoms with Crippen LogP contribution in [0.1, 0.15) is 26.3 Å². The van der Waals surface area contributed by atoms with Crippen molar-refractivity contribution in [3.63, 3.8) is 0 Å². The highest BCUT2D eigenvalue weighted by Gasteiger charge is 2.09. The number of nitrogens with zero attached hydrogens (tertiary/aromatic N) is 1. The summed E-state index contributed by atoms with van der Waals surface area (Å²) in [6.45, 7) is 0. The molecule has 29 heavy (non-hydrogen) atoms. The molecule has 0 unspecified atom stereocenters. The quantitative estimate of drug-likeness (QED) is 0.259. The second-order valence-electron chi connectivity index (χ2n) is 5.87. The predicted molar refractivity (Wildman–Crippen MR) is 114 cm³/mol. The highest BCUT2D eigenvalue weighted by Crippen LogP contribution is 2.17. The van der Waals surface area contributed by atoms with Crippen molar-refractivity contribution in [2.24, 2.45) is 5.10 Å². The number of hydrazone groups is 1. The summed E-state index contributed by atoms with van der Waals surface area (Å²) in [5.41, 5.74) is 4.02. The lowest BCUT2D eigenvalue weighted by atomic mass is 10.2. The van der Waals surface area contributed by atoms with Gasteiger partial charge in [-0.2, -0.15) is 5.10 Å². The molecular formula is C22H17BrN2O4. The Morgan fingerprint density at radius 3 is 2.45 bits per heavy atom. The summed E-state index contributed by atoms with van der Waals surface area (Å²) < 4.78 is 11.1. The molecule has 0 aliphatic carbocycles. The summed E-state index contributed by atoms with van der Waals surface area (Å²) in [5.74, 6) is 0.205. The Morgan fingerprint density at radius 2 is 1.72 bits per heavy atom. The van der Waals surface area contributed by atoms with Crippen molar-refractivity contribution in [2.45, 2.75) is 0 Å². The fourth-order valence-electron chi connectivity index (χ4n) is 2.42. The van der Waals surface area contributed by atoms with Gasteiger partial charge >= 0.3 is 5.97 Å². The maximum absolute atomic E-state index is 12.3. The molecule has 7 heteroatoms. The van der Waals surface area contributed by atoms with Crippen LogP contribution in [0.25, 0.3) is 0 Å². The monoisotopic (exact) mass is 452 g/mol. The highest BCUT2D eigenvalue weighted by molar-refractivity contribution is 9.10. The average Bonchev–Trinajstić information content (AvgIpc) is 2.74. The Kier molecular flexibility index (Phi) is 6.76. The number of methoxy groups -OCH3 is 1. The molecule has 0 bridgehead atoms. The van der Waals surface area contributed by atoms with Gasteiger partial charge in [0.25, 0.3) is 5.91 Å². The van der Waals surface area contributed by atoms with Crippen LogP contribution >= 0.6 is 15.9 Å². The van der Waals surface area contributed by atoms with Crippen LogP contribution in [-0.4, -0.2) is 25.2 Å². The lowest BCUT2D eigenvalue weighted by Crippen LogP contribution is -2.18. The van der Waals surface area contributed by atoms with Gasteiger partial charge in [-0.05, 0) is 70.0 Å². The fraction of sp³-hybridized carbons (Fsp3) is 0.0455. The Bertz CT molecular complexity index is 1050. The van der Waals surface area contributed by atoms with Gasteiger partial charge in [-0.1, -0.05) is 24.3 Å². The van der Waals surface area contributed by atoms with Gasteiger partial charge in [-0.25, -0.2) is 10.2 Å². The van der Waals surface area contributed by atoms with Crippen LogP contribution in [0.15, 0.2) is 82.4 Å². The number of hydrogen-bond donors (Lipinski definition) is 1. The molecule has 0 aromatic heterocycles. The first kappa shape index (κ1) is 20.3. The number of esters is 1. The SMILES string of the molecule is COc1ccc(C(=O)Oc2cccc(/C=N/NC(=O)c3ccccc3Br)c2)cc1. The molecule has 0 aliphatic heterocycles. The largest absolute Gasteiger partial charge is 0.497 e. The minimum Gasteiger partial charge on any atom is -0.497 e. The molecule has 0 heterocycles. The predicted octanol–water partition coefficient (Wildman–Crippen LogP) is 4.44.